The van der Waals surface area contributed by atoms with Gasteiger partial charge in [-0.3, -0.25) is 4.99 Å². The van der Waals surface area contributed by atoms with E-state index in [1.54, 1.807) is 6.07 Å². The van der Waals surface area contributed by atoms with E-state index >= 15 is 0 Å². The summed E-state index contributed by atoms with van der Waals surface area (Å²) < 4.78 is 5.64. The van der Waals surface area contributed by atoms with Crippen LogP contribution in [-0.2, 0) is 12.8 Å². The van der Waals surface area contributed by atoms with Crippen molar-refractivity contribution < 1.29 is 9.84 Å². The van der Waals surface area contributed by atoms with Gasteiger partial charge in [-0.1, -0.05) is 35.3 Å². The van der Waals surface area contributed by atoms with Crippen LogP contribution in [0.3, 0.4) is 0 Å². The van der Waals surface area contributed by atoms with Gasteiger partial charge in [0, 0.05) is 25.2 Å². The van der Waals surface area contributed by atoms with Crippen LogP contribution in [0, 0.1) is 0 Å². The number of hydrogen-bond acceptors (Lipinski definition) is 4. The minimum Gasteiger partial charge on any atom is -0.491 e. The molecule has 1 atom stereocenters. The molecule has 1 aliphatic heterocycles. The number of ether oxygens (including phenoxy) is 1. The normalized spacial score (nSPS) is 13.7. The monoisotopic (exact) mass is 378 g/mol. The number of aliphatic imine (C=N–C) groups is 1. The summed E-state index contributed by atoms with van der Waals surface area (Å²) in [6, 6.07) is 11.4. The summed E-state index contributed by atoms with van der Waals surface area (Å²) in [6.07, 6.45) is 3.00. The van der Waals surface area contributed by atoms with Crippen molar-refractivity contribution in [1.29, 1.82) is 0 Å². The quantitative estimate of drug-likeness (QED) is 0.686. The van der Waals surface area contributed by atoms with Crippen LogP contribution in [0.5, 0.6) is 5.75 Å². The predicted octanol–water partition coefficient (Wildman–Crippen LogP) is 3.82. The Morgan fingerprint density at radius 1 is 1.16 bits per heavy atom. The summed E-state index contributed by atoms with van der Waals surface area (Å²) in [5.74, 6) is 0.729. The molecule has 0 spiro atoms. The number of aliphatic hydroxyl groups excluding tert-OH is 1. The molecule has 132 valence electrons. The molecule has 0 bridgehead atoms. The van der Waals surface area contributed by atoms with Crippen LogP contribution in [0.2, 0.25) is 10.0 Å². The SMILES string of the molecule is O[C@@H](CNCCc1ccc(Cl)c(Cl)c1)COc1ccc2c(c1)N=CC2. The second-order valence-electron chi connectivity index (χ2n) is 5.97. The molecule has 0 saturated carbocycles. The van der Waals surface area contributed by atoms with Gasteiger partial charge in [0.1, 0.15) is 18.5 Å². The molecule has 0 amide bonds. The minimum absolute atomic E-state index is 0.238. The third-order valence-electron chi connectivity index (χ3n) is 4.00. The Balaban J connectivity index is 1.36. The third-order valence-corrected chi connectivity index (χ3v) is 4.73. The van der Waals surface area contributed by atoms with Crippen molar-refractivity contribution >= 4 is 35.1 Å². The number of benzene rings is 2. The molecule has 2 N–H and O–H groups in total. The Morgan fingerprint density at radius 3 is 2.88 bits per heavy atom. The summed E-state index contributed by atoms with van der Waals surface area (Å²) in [5, 5.41) is 14.4. The van der Waals surface area contributed by atoms with Gasteiger partial charge < -0.3 is 15.2 Å². The van der Waals surface area contributed by atoms with E-state index in [-0.39, 0.29) is 6.61 Å². The van der Waals surface area contributed by atoms with Crippen molar-refractivity contribution in [2.75, 3.05) is 19.7 Å². The molecule has 1 heterocycles. The molecule has 0 radical (unpaired) electrons. The summed E-state index contributed by atoms with van der Waals surface area (Å²) in [7, 11) is 0. The number of nitrogens with one attached hydrogen (secondary N) is 1. The van der Waals surface area contributed by atoms with Gasteiger partial charge in [0.25, 0.3) is 0 Å². The fourth-order valence-corrected chi connectivity index (χ4v) is 2.94. The summed E-state index contributed by atoms with van der Waals surface area (Å²) in [4.78, 5) is 4.29. The summed E-state index contributed by atoms with van der Waals surface area (Å²) in [5.41, 5.74) is 3.26. The summed E-state index contributed by atoms with van der Waals surface area (Å²) in [6.45, 7) is 1.44. The fourth-order valence-electron chi connectivity index (χ4n) is 2.62. The maximum atomic E-state index is 10.0. The molecular formula is C19H20Cl2N2O2. The first-order valence-electron chi connectivity index (χ1n) is 8.23. The maximum absolute atomic E-state index is 10.0. The highest BCUT2D eigenvalue weighted by atomic mass is 35.5. The molecule has 0 aliphatic carbocycles. The lowest BCUT2D eigenvalue weighted by atomic mass is 10.1. The van der Waals surface area contributed by atoms with Crippen molar-refractivity contribution in [3.05, 3.63) is 57.6 Å². The van der Waals surface area contributed by atoms with Gasteiger partial charge >= 0.3 is 0 Å². The zero-order valence-electron chi connectivity index (χ0n) is 13.7. The average Bonchev–Trinajstić information content (AvgIpc) is 3.07. The zero-order chi connectivity index (χ0) is 17.6. The first-order valence-corrected chi connectivity index (χ1v) is 8.98. The summed E-state index contributed by atoms with van der Waals surface area (Å²) >= 11 is 11.9. The predicted molar refractivity (Wildman–Crippen MR) is 103 cm³/mol. The van der Waals surface area contributed by atoms with Crippen LogP contribution >= 0.6 is 23.2 Å². The van der Waals surface area contributed by atoms with Crippen LogP contribution in [-0.4, -0.2) is 37.1 Å². The van der Waals surface area contributed by atoms with Crippen LogP contribution < -0.4 is 10.1 Å². The molecule has 6 heteroatoms. The molecule has 2 aromatic rings. The number of rotatable bonds is 8. The van der Waals surface area contributed by atoms with Gasteiger partial charge in [0.2, 0.25) is 0 Å². The van der Waals surface area contributed by atoms with Crippen molar-refractivity contribution in [1.82, 2.24) is 5.32 Å². The van der Waals surface area contributed by atoms with E-state index < -0.39 is 6.10 Å². The molecule has 4 nitrogen and oxygen atoms in total. The molecule has 25 heavy (non-hydrogen) atoms. The Bertz CT molecular complexity index is 765. The van der Waals surface area contributed by atoms with E-state index in [4.69, 9.17) is 27.9 Å². The van der Waals surface area contributed by atoms with Gasteiger partial charge in [0.15, 0.2) is 0 Å². The van der Waals surface area contributed by atoms with Gasteiger partial charge in [-0.2, -0.15) is 0 Å². The molecule has 3 rings (SSSR count). The van der Waals surface area contributed by atoms with E-state index in [1.165, 1.54) is 5.56 Å². The second kappa shape index (κ2) is 8.68. The average molecular weight is 379 g/mol. The Morgan fingerprint density at radius 2 is 2.04 bits per heavy atom. The van der Waals surface area contributed by atoms with E-state index in [1.807, 2.05) is 36.5 Å². The third kappa shape index (κ3) is 5.19. The van der Waals surface area contributed by atoms with E-state index in [2.05, 4.69) is 10.3 Å². The van der Waals surface area contributed by atoms with Crippen LogP contribution in [0.15, 0.2) is 41.4 Å². The molecule has 0 saturated heterocycles. The van der Waals surface area contributed by atoms with E-state index in [9.17, 15) is 5.11 Å². The first kappa shape index (κ1) is 18.2. The highest BCUT2D eigenvalue weighted by molar-refractivity contribution is 6.42. The second-order valence-corrected chi connectivity index (χ2v) is 6.79. The zero-order valence-corrected chi connectivity index (χ0v) is 15.2. The fraction of sp³-hybridized carbons (Fsp3) is 0.316. The molecular weight excluding hydrogens is 359 g/mol. The number of fused-ring (bicyclic) bond motifs is 1. The molecule has 0 aromatic heterocycles. The molecule has 0 unspecified atom stereocenters. The Labute approximate surface area is 157 Å². The highest BCUT2D eigenvalue weighted by Crippen LogP contribution is 2.28. The van der Waals surface area contributed by atoms with Gasteiger partial charge in [-0.05, 0) is 42.3 Å². The molecule has 0 fully saturated rings. The maximum Gasteiger partial charge on any atom is 0.121 e. The lowest BCUT2D eigenvalue weighted by molar-refractivity contribution is 0.106. The Hall–Kier alpha value is -1.59. The van der Waals surface area contributed by atoms with Gasteiger partial charge in [-0.25, -0.2) is 0 Å². The largest absolute Gasteiger partial charge is 0.491 e. The first-order chi connectivity index (χ1) is 12.1. The van der Waals surface area contributed by atoms with Crippen molar-refractivity contribution in [2.24, 2.45) is 4.99 Å². The molecule has 1 aliphatic rings. The van der Waals surface area contributed by atoms with Crippen molar-refractivity contribution in [2.45, 2.75) is 18.9 Å². The lowest BCUT2D eigenvalue weighted by Crippen LogP contribution is -2.32. The lowest BCUT2D eigenvalue weighted by Gasteiger charge is -2.14. The van der Waals surface area contributed by atoms with Gasteiger partial charge in [-0.15, -0.1) is 0 Å². The van der Waals surface area contributed by atoms with Crippen molar-refractivity contribution in [3.63, 3.8) is 0 Å². The Kier molecular flexibility index (Phi) is 6.32. The van der Waals surface area contributed by atoms with Gasteiger partial charge in [0.05, 0.1) is 15.7 Å². The number of hydrogen-bond donors (Lipinski definition) is 2. The van der Waals surface area contributed by atoms with Crippen LogP contribution in [0.4, 0.5) is 5.69 Å². The van der Waals surface area contributed by atoms with Crippen molar-refractivity contribution in [3.8, 4) is 5.75 Å². The molecule has 2 aromatic carbocycles. The van der Waals surface area contributed by atoms with E-state index in [0.29, 0.717) is 16.6 Å². The smallest absolute Gasteiger partial charge is 0.121 e. The highest BCUT2D eigenvalue weighted by Gasteiger charge is 2.09. The number of aliphatic hydroxyl groups is 1. The number of halogens is 2. The van der Waals surface area contributed by atoms with Crippen LogP contribution in [0.25, 0.3) is 0 Å². The van der Waals surface area contributed by atoms with Crippen LogP contribution in [0.1, 0.15) is 11.1 Å². The standard InChI is InChI=1S/C19H20Cl2N2O2/c20-17-4-1-13(9-18(17)21)5-7-22-11-15(24)12-25-16-3-2-14-6-8-23-19(14)10-16/h1-4,8-10,15,22,24H,5-7,11-12H2/t15-/m0/s1. The van der Waals surface area contributed by atoms with E-state index in [0.717, 1.165) is 36.4 Å². The number of nitrogens with zero attached hydrogens (tertiary/aromatic N) is 1. The minimum atomic E-state index is -0.578. The topological polar surface area (TPSA) is 53.8 Å².